The third-order valence-electron chi connectivity index (χ3n) is 5.61. The van der Waals surface area contributed by atoms with Gasteiger partial charge in [0.05, 0.1) is 4.90 Å². The molecule has 0 bridgehead atoms. The summed E-state index contributed by atoms with van der Waals surface area (Å²) in [7, 11) is -1.94. The molecule has 2 heterocycles. The van der Waals surface area contributed by atoms with E-state index in [0.29, 0.717) is 32.5 Å². The van der Waals surface area contributed by atoms with E-state index in [9.17, 15) is 18.0 Å². The number of aryl methyl sites for hydroxylation is 3. The summed E-state index contributed by atoms with van der Waals surface area (Å²) >= 11 is 0. The van der Waals surface area contributed by atoms with Gasteiger partial charge in [-0.25, -0.2) is 13.1 Å². The zero-order valence-electron chi connectivity index (χ0n) is 17.0. The maximum atomic E-state index is 12.6. The molecule has 1 N–H and O–H groups in total. The number of carbonyl (C=O) groups is 1. The molecule has 1 aliphatic heterocycles. The van der Waals surface area contributed by atoms with Crippen molar-refractivity contribution in [1.29, 1.82) is 0 Å². The number of sulfonamides is 1. The Balaban J connectivity index is 1.57. The molecule has 156 valence electrons. The lowest BCUT2D eigenvalue weighted by Gasteiger charge is -2.32. The minimum Gasteiger partial charge on any atom is -0.338 e. The second-order valence-electron chi connectivity index (χ2n) is 7.67. The Kier molecular flexibility index (Phi) is 6.24. The highest BCUT2D eigenvalue weighted by atomic mass is 32.2. The maximum absolute atomic E-state index is 12.6. The second kappa shape index (κ2) is 8.51. The Bertz CT molecular complexity index is 1070. The number of likely N-dealkylation sites (tertiary alicyclic amines) is 1. The number of hydrogen-bond acceptors (Lipinski definition) is 4. The predicted molar refractivity (Wildman–Crippen MR) is 111 cm³/mol. The van der Waals surface area contributed by atoms with Crippen LogP contribution in [0.25, 0.3) is 0 Å². The molecule has 0 aliphatic carbocycles. The smallest absolute Gasteiger partial charge is 0.263 e. The number of rotatable bonds is 5. The molecule has 1 aliphatic rings. The molecule has 1 amide bonds. The van der Waals surface area contributed by atoms with Gasteiger partial charge in [-0.1, -0.05) is 6.07 Å². The fraction of sp³-hybridized carbons (Fsp3) is 0.429. The van der Waals surface area contributed by atoms with E-state index in [2.05, 4.69) is 4.72 Å². The van der Waals surface area contributed by atoms with Crippen LogP contribution in [0.5, 0.6) is 0 Å². The summed E-state index contributed by atoms with van der Waals surface area (Å²) < 4.78 is 29.2. The Labute approximate surface area is 171 Å². The van der Waals surface area contributed by atoms with Crippen LogP contribution in [0.3, 0.4) is 0 Å². The number of pyridine rings is 1. The van der Waals surface area contributed by atoms with Crippen molar-refractivity contribution in [3.8, 4) is 0 Å². The predicted octanol–water partition coefficient (Wildman–Crippen LogP) is 1.83. The third-order valence-corrected chi connectivity index (χ3v) is 7.03. The van der Waals surface area contributed by atoms with Crippen LogP contribution in [0.2, 0.25) is 0 Å². The lowest BCUT2D eigenvalue weighted by Crippen LogP contribution is -2.43. The Morgan fingerprint density at radius 3 is 2.48 bits per heavy atom. The lowest BCUT2D eigenvalue weighted by atomic mass is 9.97. The average Bonchev–Trinajstić information content (AvgIpc) is 2.70. The van der Waals surface area contributed by atoms with E-state index in [4.69, 9.17) is 0 Å². The molecule has 0 atom stereocenters. The van der Waals surface area contributed by atoms with Gasteiger partial charge in [0.1, 0.15) is 5.56 Å². The zero-order chi connectivity index (χ0) is 21.2. The molecule has 0 saturated carbocycles. The van der Waals surface area contributed by atoms with Crippen molar-refractivity contribution in [3.05, 3.63) is 63.6 Å². The van der Waals surface area contributed by atoms with Crippen molar-refractivity contribution < 1.29 is 13.2 Å². The van der Waals surface area contributed by atoms with Crippen LogP contribution in [-0.4, -0.2) is 43.4 Å². The number of nitrogens with zero attached hydrogens (tertiary/aromatic N) is 2. The number of hydrogen-bond donors (Lipinski definition) is 1. The highest BCUT2D eigenvalue weighted by Gasteiger charge is 2.26. The van der Waals surface area contributed by atoms with Crippen LogP contribution in [0, 0.1) is 19.8 Å². The fourth-order valence-corrected chi connectivity index (χ4v) is 4.66. The molecule has 0 radical (unpaired) electrons. The summed E-state index contributed by atoms with van der Waals surface area (Å²) in [5.74, 6) is -0.112. The Morgan fingerprint density at radius 1 is 1.14 bits per heavy atom. The monoisotopic (exact) mass is 417 g/mol. The summed E-state index contributed by atoms with van der Waals surface area (Å²) in [6.07, 6.45) is 3.00. The first-order valence-electron chi connectivity index (χ1n) is 9.71. The second-order valence-corrected chi connectivity index (χ2v) is 9.44. The normalized spacial score (nSPS) is 15.5. The van der Waals surface area contributed by atoms with Crippen LogP contribution < -0.4 is 10.3 Å². The third kappa shape index (κ3) is 4.76. The van der Waals surface area contributed by atoms with Crippen molar-refractivity contribution in [2.75, 3.05) is 19.6 Å². The largest absolute Gasteiger partial charge is 0.338 e. The molecule has 1 aromatic carbocycles. The van der Waals surface area contributed by atoms with Crippen LogP contribution in [-0.2, 0) is 17.1 Å². The molecular formula is C21H27N3O4S. The SMILES string of the molecule is Cc1ccc(S(=O)(=O)NCC2CCN(C(=O)c3cccn(C)c3=O)CC2)cc1C. The molecule has 1 fully saturated rings. The van der Waals surface area contributed by atoms with Crippen molar-refractivity contribution in [1.82, 2.24) is 14.2 Å². The van der Waals surface area contributed by atoms with E-state index in [0.717, 1.165) is 11.1 Å². The molecule has 29 heavy (non-hydrogen) atoms. The standard InChI is InChI=1S/C21H27N3O4S/c1-15-6-7-18(13-16(15)2)29(27,28)22-14-17-8-11-24(12-9-17)21(26)19-5-4-10-23(3)20(19)25/h4-7,10,13,17,22H,8-9,11-12,14H2,1-3H3. The van der Waals surface area contributed by atoms with E-state index in [1.54, 1.807) is 42.4 Å². The fourth-order valence-electron chi connectivity index (χ4n) is 3.46. The van der Waals surface area contributed by atoms with Crippen molar-refractivity contribution in [2.24, 2.45) is 13.0 Å². The average molecular weight is 418 g/mol. The molecule has 0 spiro atoms. The van der Waals surface area contributed by atoms with Crippen LogP contribution in [0.15, 0.2) is 46.2 Å². The minimum atomic E-state index is -3.56. The lowest BCUT2D eigenvalue weighted by molar-refractivity contribution is 0.0689. The molecule has 2 aromatic rings. The highest BCUT2D eigenvalue weighted by molar-refractivity contribution is 7.89. The summed E-state index contributed by atoms with van der Waals surface area (Å²) in [5, 5.41) is 0. The number of benzene rings is 1. The van der Waals surface area contributed by atoms with Gasteiger partial charge in [-0.15, -0.1) is 0 Å². The van der Waals surface area contributed by atoms with E-state index >= 15 is 0 Å². The number of aromatic nitrogens is 1. The van der Waals surface area contributed by atoms with E-state index in [1.807, 2.05) is 19.9 Å². The molecule has 8 heteroatoms. The van der Waals surface area contributed by atoms with Crippen molar-refractivity contribution in [3.63, 3.8) is 0 Å². The molecule has 3 rings (SSSR count). The van der Waals surface area contributed by atoms with E-state index < -0.39 is 10.0 Å². The van der Waals surface area contributed by atoms with Gasteiger partial charge >= 0.3 is 0 Å². The van der Waals surface area contributed by atoms with Gasteiger partial charge in [0.2, 0.25) is 10.0 Å². The van der Waals surface area contributed by atoms with Gasteiger partial charge in [0.15, 0.2) is 0 Å². The van der Waals surface area contributed by atoms with Crippen LogP contribution >= 0.6 is 0 Å². The molecule has 1 aromatic heterocycles. The van der Waals surface area contributed by atoms with Gasteiger partial charge < -0.3 is 9.47 Å². The molecule has 7 nitrogen and oxygen atoms in total. The number of amides is 1. The topological polar surface area (TPSA) is 88.5 Å². The molecule has 0 unspecified atom stereocenters. The van der Waals surface area contributed by atoms with Gasteiger partial charge in [0, 0.05) is 32.9 Å². The molecular weight excluding hydrogens is 390 g/mol. The summed E-state index contributed by atoms with van der Waals surface area (Å²) in [5.41, 5.74) is 1.85. The summed E-state index contributed by atoms with van der Waals surface area (Å²) in [6.45, 7) is 5.19. The number of piperidine rings is 1. The quantitative estimate of drug-likeness (QED) is 0.804. The van der Waals surface area contributed by atoms with Crippen LogP contribution in [0.1, 0.15) is 34.3 Å². The molecule has 1 saturated heterocycles. The Morgan fingerprint density at radius 2 is 1.83 bits per heavy atom. The zero-order valence-corrected chi connectivity index (χ0v) is 17.8. The maximum Gasteiger partial charge on any atom is 0.263 e. The first kappa shape index (κ1) is 21.3. The minimum absolute atomic E-state index is 0.152. The summed E-state index contributed by atoms with van der Waals surface area (Å²) in [6, 6.07) is 8.34. The van der Waals surface area contributed by atoms with Crippen LogP contribution in [0.4, 0.5) is 0 Å². The first-order chi connectivity index (χ1) is 13.7. The van der Waals surface area contributed by atoms with Crippen molar-refractivity contribution in [2.45, 2.75) is 31.6 Å². The van der Waals surface area contributed by atoms with Gasteiger partial charge in [-0.3, -0.25) is 9.59 Å². The Hall–Kier alpha value is -2.45. The highest BCUT2D eigenvalue weighted by Crippen LogP contribution is 2.20. The van der Waals surface area contributed by atoms with Crippen molar-refractivity contribution >= 4 is 15.9 Å². The number of carbonyl (C=O) groups excluding carboxylic acids is 1. The van der Waals surface area contributed by atoms with Gasteiger partial charge in [-0.2, -0.15) is 0 Å². The summed E-state index contributed by atoms with van der Waals surface area (Å²) in [4.78, 5) is 26.7. The first-order valence-corrected chi connectivity index (χ1v) is 11.2. The van der Waals surface area contributed by atoms with E-state index in [-0.39, 0.29) is 27.8 Å². The van der Waals surface area contributed by atoms with Gasteiger partial charge in [-0.05, 0) is 68.0 Å². The number of nitrogens with one attached hydrogen (secondary N) is 1. The van der Waals surface area contributed by atoms with Gasteiger partial charge in [0.25, 0.3) is 11.5 Å². The van der Waals surface area contributed by atoms with E-state index in [1.165, 1.54) is 4.57 Å².